The van der Waals surface area contributed by atoms with Crippen LogP contribution in [-0.4, -0.2) is 72.7 Å². The third kappa shape index (κ3) is 4.70. The number of likely N-dealkylation sites (tertiary alicyclic amines) is 2. The number of aliphatic hydroxyl groups excluding tert-OH is 1. The number of β-amino-alcohol motifs (C(OH)–C–C–N with tert-alkyl or cyclic N) is 1. The van der Waals surface area contributed by atoms with E-state index in [1.54, 1.807) is 0 Å². The molecule has 3 aliphatic rings. The molecule has 5 nitrogen and oxygen atoms in total. The first-order chi connectivity index (χ1) is 11.8. The third-order valence-electron chi connectivity index (χ3n) is 6.40. The Balaban J connectivity index is 1.36. The van der Waals surface area contributed by atoms with E-state index in [0.29, 0.717) is 24.4 Å². The van der Waals surface area contributed by atoms with Gasteiger partial charge in [0, 0.05) is 19.1 Å². The summed E-state index contributed by atoms with van der Waals surface area (Å²) >= 11 is 0. The topological polar surface area (TPSA) is 55.8 Å². The van der Waals surface area contributed by atoms with E-state index in [0.717, 1.165) is 38.6 Å². The number of carbonyl (C=O) groups is 1. The second-order valence-electron chi connectivity index (χ2n) is 7.98. The Hall–Kier alpha value is -0.650. The fourth-order valence-electron chi connectivity index (χ4n) is 4.97. The molecule has 1 saturated carbocycles. The summed E-state index contributed by atoms with van der Waals surface area (Å²) in [5.41, 5.74) is 0. The van der Waals surface area contributed by atoms with Gasteiger partial charge in [-0.3, -0.25) is 4.79 Å². The normalized spacial score (nSPS) is 29.5. The minimum Gasteiger partial charge on any atom is -0.395 e. The molecule has 2 saturated heterocycles. The molecule has 0 aromatic rings. The number of amides is 1. The van der Waals surface area contributed by atoms with Crippen LogP contribution < -0.4 is 5.32 Å². The number of aliphatic hydroxyl groups is 1. The molecule has 0 radical (unpaired) electrons. The van der Waals surface area contributed by atoms with E-state index in [4.69, 9.17) is 5.11 Å². The number of hydrogen-bond donors (Lipinski definition) is 2. The van der Waals surface area contributed by atoms with Crippen molar-refractivity contribution in [3.63, 3.8) is 0 Å². The average Bonchev–Trinajstić information content (AvgIpc) is 2.63. The van der Waals surface area contributed by atoms with Crippen molar-refractivity contribution in [2.24, 2.45) is 11.8 Å². The molecule has 0 unspecified atom stereocenters. The van der Waals surface area contributed by atoms with E-state index in [1.165, 1.54) is 51.4 Å². The largest absolute Gasteiger partial charge is 0.395 e. The summed E-state index contributed by atoms with van der Waals surface area (Å²) in [6.45, 7) is 5.67. The van der Waals surface area contributed by atoms with Crippen LogP contribution in [0.1, 0.15) is 51.4 Å². The van der Waals surface area contributed by atoms with Gasteiger partial charge in [-0.05, 0) is 70.0 Å². The van der Waals surface area contributed by atoms with Crippen LogP contribution in [0.3, 0.4) is 0 Å². The Bertz CT molecular complexity index is 394. The van der Waals surface area contributed by atoms with Crippen LogP contribution in [0.5, 0.6) is 0 Å². The van der Waals surface area contributed by atoms with Crippen molar-refractivity contribution < 1.29 is 9.90 Å². The first-order valence-corrected chi connectivity index (χ1v) is 10.1. The molecule has 5 heteroatoms. The SMILES string of the molecule is O=C(CNCC1CCN(CCO)CC1)N1CCC[C@H]2CCCC[C@@H]21. The van der Waals surface area contributed by atoms with Crippen LogP contribution >= 0.6 is 0 Å². The lowest BCUT2D eigenvalue weighted by Gasteiger charge is -2.44. The van der Waals surface area contributed by atoms with Crippen LogP contribution in [0.15, 0.2) is 0 Å². The van der Waals surface area contributed by atoms with Crippen molar-refractivity contribution >= 4 is 5.91 Å². The van der Waals surface area contributed by atoms with E-state index in [1.807, 2.05) is 0 Å². The summed E-state index contributed by atoms with van der Waals surface area (Å²) in [6.07, 6.45) is 10.1. The van der Waals surface area contributed by atoms with Crippen molar-refractivity contribution in [2.45, 2.75) is 57.4 Å². The summed E-state index contributed by atoms with van der Waals surface area (Å²) in [5, 5.41) is 12.4. The molecule has 2 aliphatic heterocycles. The number of fused-ring (bicyclic) bond motifs is 1. The number of rotatable bonds is 6. The minimum atomic E-state index is 0.259. The first kappa shape index (κ1) is 18.2. The number of nitrogens with zero attached hydrogens (tertiary/aromatic N) is 2. The molecule has 0 aromatic carbocycles. The molecule has 1 amide bonds. The molecule has 138 valence electrons. The lowest BCUT2D eigenvalue weighted by Crippen LogP contribution is -2.52. The number of nitrogens with one attached hydrogen (secondary N) is 1. The highest BCUT2D eigenvalue weighted by Crippen LogP contribution is 2.35. The van der Waals surface area contributed by atoms with Crippen molar-refractivity contribution in [3.8, 4) is 0 Å². The molecule has 24 heavy (non-hydrogen) atoms. The molecular formula is C19H35N3O2. The van der Waals surface area contributed by atoms with Gasteiger partial charge in [-0.25, -0.2) is 0 Å². The molecule has 0 spiro atoms. The van der Waals surface area contributed by atoms with Gasteiger partial charge in [0.25, 0.3) is 0 Å². The summed E-state index contributed by atoms with van der Waals surface area (Å²) < 4.78 is 0. The van der Waals surface area contributed by atoms with Gasteiger partial charge in [0.1, 0.15) is 0 Å². The first-order valence-electron chi connectivity index (χ1n) is 10.1. The van der Waals surface area contributed by atoms with Crippen molar-refractivity contribution in [3.05, 3.63) is 0 Å². The fraction of sp³-hybridized carbons (Fsp3) is 0.947. The number of hydrogen-bond acceptors (Lipinski definition) is 4. The Morgan fingerprint density at radius 3 is 2.54 bits per heavy atom. The zero-order valence-electron chi connectivity index (χ0n) is 15.1. The predicted octanol–water partition coefficient (Wildman–Crippen LogP) is 1.46. The molecule has 1 aliphatic carbocycles. The molecular weight excluding hydrogens is 302 g/mol. The lowest BCUT2D eigenvalue weighted by atomic mass is 9.78. The van der Waals surface area contributed by atoms with E-state index >= 15 is 0 Å². The average molecular weight is 338 g/mol. The molecule has 2 N–H and O–H groups in total. The standard InChI is InChI=1S/C19H35N3O2/c23-13-12-21-10-7-16(8-11-21)14-20-15-19(24)22-9-3-5-17-4-1-2-6-18(17)22/h16-18,20,23H,1-15H2/t17-,18+/m1/s1. The van der Waals surface area contributed by atoms with E-state index in [-0.39, 0.29) is 6.61 Å². The zero-order chi connectivity index (χ0) is 16.8. The molecule has 0 bridgehead atoms. The predicted molar refractivity (Wildman–Crippen MR) is 95.8 cm³/mol. The summed E-state index contributed by atoms with van der Waals surface area (Å²) in [5.74, 6) is 1.77. The van der Waals surface area contributed by atoms with Gasteiger partial charge in [0.05, 0.1) is 13.2 Å². The number of piperidine rings is 2. The Morgan fingerprint density at radius 1 is 1.00 bits per heavy atom. The summed E-state index contributed by atoms with van der Waals surface area (Å²) in [4.78, 5) is 17.2. The van der Waals surface area contributed by atoms with Crippen LogP contribution in [0.2, 0.25) is 0 Å². The van der Waals surface area contributed by atoms with Crippen LogP contribution in [0.25, 0.3) is 0 Å². The van der Waals surface area contributed by atoms with E-state index < -0.39 is 0 Å². The highest BCUT2D eigenvalue weighted by atomic mass is 16.3. The lowest BCUT2D eigenvalue weighted by molar-refractivity contribution is -0.136. The van der Waals surface area contributed by atoms with E-state index in [9.17, 15) is 4.79 Å². The third-order valence-corrected chi connectivity index (χ3v) is 6.40. The quantitative estimate of drug-likeness (QED) is 0.770. The highest BCUT2D eigenvalue weighted by Gasteiger charge is 2.35. The maximum absolute atomic E-state index is 12.7. The highest BCUT2D eigenvalue weighted by molar-refractivity contribution is 5.78. The monoisotopic (exact) mass is 337 g/mol. The zero-order valence-corrected chi connectivity index (χ0v) is 15.1. The van der Waals surface area contributed by atoms with Crippen LogP contribution in [-0.2, 0) is 4.79 Å². The minimum absolute atomic E-state index is 0.259. The van der Waals surface area contributed by atoms with Crippen LogP contribution in [0, 0.1) is 11.8 Å². The van der Waals surface area contributed by atoms with Gasteiger partial charge in [-0.15, -0.1) is 0 Å². The fourth-order valence-corrected chi connectivity index (χ4v) is 4.97. The molecule has 3 fully saturated rings. The van der Waals surface area contributed by atoms with Crippen molar-refractivity contribution in [1.82, 2.24) is 15.1 Å². The summed E-state index contributed by atoms with van der Waals surface area (Å²) in [7, 11) is 0. The second kappa shape index (κ2) is 9.16. The molecule has 2 atom stereocenters. The van der Waals surface area contributed by atoms with Gasteiger partial charge in [0.15, 0.2) is 0 Å². The Labute approximate surface area is 146 Å². The van der Waals surface area contributed by atoms with Gasteiger partial charge in [0.2, 0.25) is 5.91 Å². The second-order valence-corrected chi connectivity index (χ2v) is 7.98. The molecule has 3 rings (SSSR count). The van der Waals surface area contributed by atoms with Gasteiger partial charge < -0.3 is 20.2 Å². The van der Waals surface area contributed by atoms with Crippen molar-refractivity contribution in [1.29, 1.82) is 0 Å². The molecule has 2 heterocycles. The maximum atomic E-state index is 12.7. The molecule has 0 aromatic heterocycles. The van der Waals surface area contributed by atoms with Crippen LogP contribution in [0.4, 0.5) is 0 Å². The van der Waals surface area contributed by atoms with Gasteiger partial charge >= 0.3 is 0 Å². The van der Waals surface area contributed by atoms with Crippen molar-refractivity contribution in [2.75, 3.05) is 45.9 Å². The smallest absolute Gasteiger partial charge is 0.236 e. The number of carbonyl (C=O) groups excluding carboxylic acids is 1. The van der Waals surface area contributed by atoms with E-state index in [2.05, 4.69) is 15.1 Å². The van der Waals surface area contributed by atoms with Gasteiger partial charge in [-0.1, -0.05) is 12.8 Å². The maximum Gasteiger partial charge on any atom is 0.236 e. The Morgan fingerprint density at radius 2 is 1.75 bits per heavy atom. The van der Waals surface area contributed by atoms with Gasteiger partial charge in [-0.2, -0.15) is 0 Å². The Kier molecular flexibility index (Phi) is 6.93. The summed E-state index contributed by atoms with van der Waals surface area (Å²) in [6, 6.07) is 0.531.